The molecular formula is C29H32ClFN6O5. The van der Waals surface area contributed by atoms with Crippen LogP contribution in [0.3, 0.4) is 0 Å². The van der Waals surface area contributed by atoms with Gasteiger partial charge in [0.05, 0.1) is 23.0 Å². The predicted octanol–water partition coefficient (Wildman–Crippen LogP) is 3.18. The molecule has 0 bridgehead atoms. The van der Waals surface area contributed by atoms with Gasteiger partial charge in [0.15, 0.2) is 5.69 Å². The number of fused-ring (bicyclic) bond motifs is 1. The van der Waals surface area contributed by atoms with Crippen LogP contribution in [0.1, 0.15) is 66.1 Å². The minimum Gasteiger partial charge on any atom is -0.481 e. The molecule has 0 spiro atoms. The summed E-state index contributed by atoms with van der Waals surface area (Å²) in [5, 5.41) is 16.7. The first kappa shape index (κ1) is 29.3. The zero-order valence-corrected chi connectivity index (χ0v) is 23.6. The minimum absolute atomic E-state index is 0.00422. The minimum atomic E-state index is -0.839. The van der Waals surface area contributed by atoms with Gasteiger partial charge in [0.2, 0.25) is 11.8 Å². The summed E-state index contributed by atoms with van der Waals surface area (Å²) >= 11 is 6.18. The van der Waals surface area contributed by atoms with E-state index in [4.69, 9.17) is 23.1 Å². The molecule has 1 aromatic heterocycles. The Balaban J connectivity index is 1.26. The number of carboxylic acids is 1. The molecule has 3 amide bonds. The van der Waals surface area contributed by atoms with Gasteiger partial charge in [0, 0.05) is 29.2 Å². The van der Waals surface area contributed by atoms with Crippen molar-refractivity contribution < 1.29 is 28.7 Å². The second-order valence-electron chi connectivity index (χ2n) is 11.1. The summed E-state index contributed by atoms with van der Waals surface area (Å²) in [6.07, 6.45) is 4.06. The molecule has 2 aliphatic carbocycles. The number of nitrogens with two attached hydrogens (primary N) is 2. The lowest BCUT2D eigenvalue weighted by molar-refractivity contribution is -0.143. The largest absolute Gasteiger partial charge is 0.481 e. The molecule has 222 valence electrons. The van der Waals surface area contributed by atoms with Gasteiger partial charge in [-0.1, -0.05) is 24.1 Å². The van der Waals surface area contributed by atoms with E-state index >= 15 is 0 Å². The Kier molecular flexibility index (Phi) is 8.35. The molecule has 0 aliphatic heterocycles. The van der Waals surface area contributed by atoms with E-state index in [1.54, 1.807) is 24.3 Å². The summed E-state index contributed by atoms with van der Waals surface area (Å²) in [6, 6.07) is 7.89. The SMILES string of the molecule is NC(=O)c1nn(CC(=O)N(CC(=O)NCc2cc(C3CCCC(C(=O)O)C3)cc(Cl)c2F)C2CC2)c2ccc(N)cc12. The number of hydrogen-bond donors (Lipinski definition) is 4. The van der Waals surface area contributed by atoms with E-state index in [0.717, 1.165) is 31.2 Å². The molecule has 2 saturated carbocycles. The summed E-state index contributed by atoms with van der Waals surface area (Å²) in [5.41, 5.74) is 13.2. The Morgan fingerprint density at radius 1 is 1.14 bits per heavy atom. The summed E-state index contributed by atoms with van der Waals surface area (Å²) in [5.74, 6) is -3.62. The number of nitrogen functional groups attached to an aromatic ring is 1. The van der Waals surface area contributed by atoms with Gasteiger partial charge in [0.1, 0.15) is 12.4 Å². The lowest BCUT2D eigenvalue weighted by Gasteiger charge is -2.27. The molecule has 2 aliphatic rings. The number of carboxylic acid groups (broad SMARTS) is 1. The Morgan fingerprint density at radius 2 is 1.90 bits per heavy atom. The topological polar surface area (TPSA) is 174 Å². The second kappa shape index (κ2) is 12.0. The van der Waals surface area contributed by atoms with Crippen molar-refractivity contribution in [2.24, 2.45) is 11.7 Å². The van der Waals surface area contributed by atoms with Crippen LogP contribution >= 0.6 is 11.6 Å². The van der Waals surface area contributed by atoms with Crippen LogP contribution in [0.25, 0.3) is 10.9 Å². The zero-order chi connectivity index (χ0) is 30.1. The highest BCUT2D eigenvalue weighted by molar-refractivity contribution is 6.30. The number of rotatable bonds is 10. The van der Waals surface area contributed by atoms with E-state index < -0.39 is 29.5 Å². The number of aromatic nitrogens is 2. The molecule has 13 heteroatoms. The van der Waals surface area contributed by atoms with Crippen LogP contribution in [0.5, 0.6) is 0 Å². The highest BCUT2D eigenvalue weighted by Crippen LogP contribution is 2.38. The van der Waals surface area contributed by atoms with Crippen molar-refractivity contribution >= 4 is 51.9 Å². The van der Waals surface area contributed by atoms with E-state index in [9.17, 15) is 28.7 Å². The van der Waals surface area contributed by atoms with Gasteiger partial charge in [-0.15, -0.1) is 0 Å². The Morgan fingerprint density at radius 3 is 2.60 bits per heavy atom. The predicted molar refractivity (Wildman–Crippen MR) is 153 cm³/mol. The number of amides is 3. The highest BCUT2D eigenvalue weighted by atomic mass is 35.5. The molecule has 2 aromatic carbocycles. The van der Waals surface area contributed by atoms with Gasteiger partial charge >= 0.3 is 5.97 Å². The van der Waals surface area contributed by atoms with Crippen LogP contribution in [-0.2, 0) is 27.5 Å². The van der Waals surface area contributed by atoms with Crippen molar-refractivity contribution in [3.8, 4) is 0 Å². The fraction of sp³-hybridized carbons (Fsp3) is 0.414. The maximum atomic E-state index is 14.9. The molecular weight excluding hydrogens is 567 g/mol. The molecule has 2 fully saturated rings. The van der Waals surface area contributed by atoms with Crippen LogP contribution < -0.4 is 16.8 Å². The van der Waals surface area contributed by atoms with Crippen molar-refractivity contribution in [1.82, 2.24) is 20.0 Å². The third-order valence-electron chi connectivity index (χ3n) is 8.01. The number of halogens is 2. The van der Waals surface area contributed by atoms with Crippen molar-refractivity contribution in [3.63, 3.8) is 0 Å². The number of carbonyl (C=O) groups is 4. The van der Waals surface area contributed by atoms with Crippen molar-refractivity contribution in [2.45, 2.75) is 63.6 Å². The molecule has 3 aromatic rings. The highest BCUT2D eigenvalue weighted by Gasteiger charge is 2.34. The van der Waals surface area contributed by atoms with E-state index in [1.807, 2.05) is 0 Å². The molecule has 0 saturated heterocycles. The molecule has 1 heterocycles. The number of primary amides is 1. The summed E-state index contributed by atoms with van der Waals surface area (Å²) in [4.78, 5) is 51.1. The third-order valence-corrected chi connectivity index (χ3v) is 8.29. The van der Waals surface area contributed by atoms with Gasteiger partial charge in [0.25, 0.3) is 5.91 Å². The van der Waals surface area contributed by atoms with Gasteiger partial charge in [-0.25, -0.2) is 4.39 Å². The van der Waals surface area contributed by atoms with Crippen LogP contribution in [0.4, 0.5) is 10.1 Å². The van der Waals surface area contributed by atoms with Crippen molar-refractivity contribution in [1.29, 1.82) is 0 Å². The van der Waals surface area contributed by atoms with Gasteiger partial charge in [-0.2, -0.15) is 5.10 Å². The Hall–Kier alpha value is -4.19. The number of benzene rings is 2. The monoisotopic (exact) mass is 598 g/mol. The van der Waals surface area contributed by atoms with Crippen LogP contribution in [-0.4, -0.2) is 56.1 Å². The standard InChI is InChI=1S/C29H32ClFN6O5/c30-22-10-17(15-2-1-3-16(8-15)29(41)42)9-18(26(22)31)12-34-24(38)13-36(20-5-6-20)25(39)14-37-23-7-4-19(32)11-21(23)27(35-37)28(33)40/h4,7,9-11,15-16,20H,1-3,5-6,8,12-14,32H2,(H2,33,40)(H,34,38)(H,41,42). The molecule has 5 rings (SSSR count). The number of carbonyl (C=O) groups excluding carboxylic acids is 3. The van der Waals surface area contributed by atoms with Crippen LogP contribution in [0, 0.1) is 11.7 Å². The average Bonchev–Trinajstić information content (AvgIpc) is 3.74. The van der Waals surface area contributed by atoms with Crippen LogP contribution in [0.15, 0.2) is 30.3 Å². The molecule has 6 N–H and O–H groups in total. The normalized spacial score (nSPS) is 18.5. The molecule has 2 atom stereocenters. The number of nitrogens with one attached hydrogen (secondary N) is 1. The lowest BCUT2D eigenvalue weighted by atomic mass is 9.78. The number of hydrogen-bond acceptors (Lipinski definition) is 6. The average molecular weight is 599 g/mol. The van der Waals surface area contributed by atoms with Crippen molar-refractivity contribution in [2.75, 3.05) is 12.3 Å². The van der Waals surface area contributed by atoms with E-state index in [0.29, 0.717) is 29.4 Å². The third kappa shape index (κ3) is 6.33. The van der Waals surface area contributed by atoms with E-state index in [-0.39, 0.29) is 53.8 Å². The summed E-state index contributed by atoms with van der Waals surface area (Å²) in [6.45, 7) is -0.605. The van der Waals surface area contributed by atoms with Gasteiger partial charge in [-0.3, -0.25) is 23.9 Å². The maximum absolute atomic E-state index is 14.9. The molecule has 2 unspecified atom stereocenters. The zero-order valence-electron chi connectivity index (χ0n) is 22.8. The van der Waals surface area contributed by atoms with Gasteiger partial charge < -0.3 is 26.8 Å². The smallest absolute Gasteiger partial charge is 0.306 e. The fourth-order valence-electron chi connectivity index (χ4n) is 5.68. The van der Waals surface area contributed by atoms with Crippen LogP contribution in [0.2, 0.25) is 5.02 Å². The molecule has 42 heavy (non-hydrogen) atoms. The summed E-state index contributed by atoms with van der Waals surface area (Å²) < 4.78 is 16.3. The quantitative estimate of drug-likeness (QED) is 0.259. The number of aliphatic carboxylic acids is 1. The Labute approximate surface area is 246 Å². The fourth-order valence-corrected chi connectivity index (χ4v) is 5.93. The van der Waals surface area contributed by atoms with E-state index in [1.165, 1.54) is 15.6 Å². The molecule has 11 nitrogen and oxygen atoms in total. The maximum Gasteiger partial charge on any atom is 0.306 e. The second-order valence-corrected chi connectivity index (χ2v) is 11.5. The first-order valence-corrected chi connectivity index (χ1v) is 14.2. The lowest BCUT2D eigenvalue weighted by Crippen LogP contribution is -2.43. The molecule has 0 radical (unpaired) electrons. The van der Waals surface area contributed by atoms with Crippen molar-refractivity contribution in [3.05, 3.63) is 58.0 Å². The van der Waals surface area contributed by atoms with E-state index in [2.05, 4.69) is 10.4 Å². The number of anilines is 1. The summed E-state index contributed by atoms with van der Waals surface area (Å²) in [7, 11) is 0. The first-order valence-electron chi connectivity index (χ1n) is 13.8. The Bertz CT molecular complexity index is 1570. The first-order chi connectivity index (χ1) is 20.0. The number of nitrogens with zero attached hydrogens (tertiary/aromatic N) is 3. The van der Waals surface area contributed by atoms with Gasteiger partial charge in [-0.05, 0) is 67.9 Å².